The molecule has 15 nitrogen and oxygen atoms in total. The third kappa shape index (κ3) is 12.5. The number of alkyl carbamates (subject to hydrolysis) is 1. The molecule has 63 heavy (non-hydrogen) atoms. The van der Waals surface area contributed by atoms with E-state index in [1.807, 2.05) is 12.1 Å². The zero-order chi connectivity index (χ0) is 46.0. The number of rotatable bonds is 12. The number of hydrogen-bond acceptors (Lipinski definition) is 10. The van der Waals surface area contributed by atoms with Gasteiger partial charge in [-0.1, -0.05) is 48.0 Å². The highest BCUT2D eigenvalue weighted by Gasteiger charge is 2.36. The zero-order valence-electron chi connectivity index (χ0n) is 36.4. The summed E-state index contributed by atoms with van der Waals surface area (Å²) in [5, 5.41) is 22.6. The average molecular weight is 884 g/mol. The van der Waals surface area contributed by atoms with E-state index in [-0.39, 0.29) is 30.7 Å². The van der Waals surface area contributed by atoms with E-state index in [1.54, 1.807) is 87.5 Å². The maximum atomic E-state index is 14.8. The van der Waals surface area contributed by atoms with E-state index >= 15 is 0 Å². The Hall–Kier alpha value is -6.61. The number of methoxy groups -OCH3 is 2. The third-order valence-corrected chi connectivity index (χ3v) is 10.6. The minimum Gasteiger partial charge on any atom is -0.507 e. The lowest BCUT2D eigenvalue weighted by Gasteiger charge is -2.32. The molecule has 0 spiro atoms. The summed E-state index contributed by atoms with van der Waals surface area (Å²) in [6, 6.07) is 18.7. The fourth-order valence-corrected chi connectivity index (χ4v) is 7.24. The van der Waals surface area contributed by atoms with Crippen molar-refractivity contribution in [3.63, 3.8) is 0 Å². The van der Waals surface area contributed by atoms with Gasteiger partial charge in [-0.2, -0.15) is 0 Å². The number of fused-ring (bicyclic) bond motifs is 5. The SMILES string of the molecule is COC(=O)[C@@H]1Cc2ccc(O)c(c2)-c2cc(ccc2OC)[C@H](N(C)C(=O)[C@H](CCCCNC(=O)OC(C)(C)C)NC(=O)c2ccc(-c3ccc(Cl)cc3)cc2)C(=O)N[C@@H](C)C(=O)N1. The van der Waals surface area contributed by atoms with Crippen LogP contribution < -0.4 is 26.0 Å². The lowest BCUT2D eigenvalue weighted by Crippen LogP contribution is -2.55. The summed E-state index contributed by atoms with van der Waals surface area (Å²) in [4.78, 5) is 83.0. The van der Waals surface area contributed by atoms with Gasteiger partial charge in [0.1, 0.15) is 41.3 Å². The Bertz CT molecular complexity index is 2310. The molecule has 0 aromatic heterocycles. The second kappa shape index (κ2) is 21.0. The number of carbonyl (C=O) groups excluding carboxylic acids is 6. The first-order chi connectivity index (χ1) is 29.9. The van der Waals surface area contributed by atoms with Crippen LogP contribution in [-0.2, 0) is 35.1 Å². The van der Waals surface area contributed by atoms with E-state index < -0.39 is 65.5 Å². The molecule has 0 radical (unpaired) electrons. The number of phenolic OH excluding ortho intramolecular Hbond substituents is 1. The first kappa shape index (κ1) is 47.4. The molecule has 5 N–H and O–H groups in total. The summed E-state index contributed by atoms with van der Waals surface area (Å²) >= 11 is 6.07. The molecule has 0 saturated heterocycles. The normalized spacial score (nSPS) is 16.9. The monoisotopic (exact) mass is 883 g/mol. The van der Waals surface area contributed by atoms with Gasteiger partial charge in [0.05, 0.1) is 14.2 Å². The van der Waals surface area contributed by atoms with Gasteiger partial charge in [-0.05, 0) is 118 Å². The summed E-state index contributed by atoms with van der Waals surface area (Å²) < 4.78 is 16.0. The maximum absolute atomic E-state index is 14.8. The molecule has 1 aliphatic rings. The first-order valence-electron chi connectivity index (χ1n) is 20.5. The molecule has 0 aliphatic carbocycles. The number of amides is 5. The van der Waals surface area contributed by atoms with Gasteiger partial charge < -0.3 is 45.5 Å². The molecule has 4 aromatic carbocycles. The second-order valence-electron chi connectivity index (χ2n) is 16.2. The number of hydrogen-bond donors (Lipinski definition) is 5. The molecule has 0 fully saturated rings. The van der Waals surface area contributed by atoms with E-state index in [0.717, 1.165) is 11.1 Å². The largest absolute Gasteiger partial charge is 0.507 e. The van der Waals surface area contributed by atoms with Crippen LogP contribution in [0.1, 0.15) is 74.5 Å². The van der Waals surface area contributed by atoms with Crippen molar-refractivity contribution in [2.75, 3.05) is 27.8 Å². The van der Waals surface area contributed by atoms with Gasteiger partial charge in [0.25, 0.3) is 5.91 Å². The Morgan fingerprint density at radius 3 is 2.17 bits per heavy atom. The van der Waals surface area contributed by atoms with Crippen LogP contribution in [0.15, 0.2) is 84.9 Å². The third-order valence-electron chi connectivity index (χ3n) is 10.4. The summed E-state index contributed by atoms with van der Waals surface area (Å²) in [7, 11) is 4.06. The van der Waals surface area contributed by atoms with Crippen molar-refractivity contribution in [1.82, 2.24) is 26.2 Å². The fourth-order valence-electron chi connectivity index (χ4n) is 7.12. The standard InChI is InChI=1S/C47H54ClN5O10/c1-27-41(55)52-37(45(59)62-7)25-28-11-21-38(54)34(24-28)35-26-32(18-22-39(35)61-6)40(43(57)50-27)53(5)44(58)36(10-8-9-23-49-46(60)63-47(2,3)4)51-42(56)31-14-12-29(13-15-31)30-16-19-33(48)20-17-30/h11-22,24,26-27,36-37,40,54H,8-10,23,25H2,1-7H3,(H,49,60)(H,50,57)(H,51,56)(H,52,55)/t27-,36-,37-,40-/m0/s1. The van der Waals surface area contributed by atoms with Gasteiger partial charge >= 0.3 is 12.1 Å². The molecule has 0 saturated carbocycles. The predicted octanol–water partition coefficient (Wildman–Crippen LogP) is 6.10. The lowest BCUT2D eigenvalue weighted by molar-refractivity contribution is -0.145. The van der Waals surface area contributed by atoms with Gasteiger partial charge in [-0.3, -0.25) is 19.2 Å². The molecule has 4 bridgehead atoms. The molecule has 16 heteroatoms. The second-order valence-corrected chi connectivity index (χ2v) is 16.7. The highest BCUT2D eigenvalue weighted by molar-refractivity contribution is 6.30. The smallest absolute Gasteiger partial charge is 0.407 e. The van der Waals surface area contributed by atoms with Gasteiger partial charge in [0, 0.05) is 41.7 Å². The van der Waals surface area contributed by atoms with Crippen LogP contribution in [0.2, 0.25) is 5.02 Å². The number of nitrogens with zero attached hydrogens (tertiary/aromatic N) is 1. The number of phenols is 1. The molecule has 4 aromatic rings. The number of unbranched alkanes of at least 4 members (excludes halogenated alkanes) is 1. The molecule has 5 amide bonds. The maximum Gasteiger partial charge on any atom is 0.407 e. The van der Waals surface area contributed by atoms with Crippen molar-refractivity contribution in [3.8, 4) is 33.8 Å². The van der Waals surface area contributed by atoms with Crippen LogP contribution in [0, 0.1) is 0 Å². The summed E-state index contributed by atoms with van der Waals surface area (Å²) in [6.45, 7) is 6.93. The molecule has 1 heterocycles. The van der Waals surface area contributed by atoms with Crippen LogP contribution >= 0.6 is 11.6 Å². The van der Waals surface area contributed by atoms with E-state index in [1.165, 1.54) is 39.2 Å². The molecular weight excluding hydrogens is 830 g/mol. The zero-order valence-corrected chi connectivity index (χ0v) is 37.1. The van der Waals surface area contributed by atoms with Crippen molar-refractivity contribution in [2.24, 2.45) is 0 Å². The van der Waals surface area contributed by atoms with E-state index in [0.29, 0.717) is 45.9 Å². The van der Waals surface area contributed by atoms with Crippen LogP contribution in [0.3, 0.4) is 0 Å². The summed E-state index contributed by atoms with van der Waals surface area (Å²) in [5.74, 6) is -3.14. The number of likely N-dealkylation sites (N-methyl/N-ethyl adjacent to an activating group) is 1. The summed E-state index contributed by atoms with van der Waals surface area (Å²) in [6.07, 6.45) is 0.321. The number of aromatic hydroxyl groups is 1. The van der Waals surface area contributed by atoms with Gasteiger partial charge in [-0.25, -0.2) is 9.59 Å². The highest BCUT2D eigenvalue weighted by atomic mass is 35.5. The lowest BCUT2D eigenvalue weighted by atomic mass is 9.93. The number of esters is 1. The fraction of sp³-hybridized carbons (Fsp3) is 0.362. The quantitative estimate of drug-likeness (QED) is 0.0818. The minimum atomic E-state index is -1.39. The molecule has 334 valence electrons. The Balaban J connectivity index is 1.50. The number of carbonyl (C=O) groups is 6. The van der Waals surface area contributed by atoms with Crippen LogP contribution in [0.5, 0.6) is 11.5 Å². The first-order valence-corrected chi connectivity index (χ1v) is 20.9. The Kier molecular flexibility index (Phi) is 15.8. The van der Waals surface area contributed by atoms with Crippen LogP contribution in [-0.4, -0.2) is 97.2 Å². The number of benzene rings is 4. The summed E-state index contributed by atoms with van der Waals surface area (Å²) in [5.41, 5.74) is 2.87. The van der Waals surface area contributed by atoms with Crippen LogP contribution in [0.25, 0.3) is 22.3 Å². The minimum absolute atomic E-state index is 0.00486. The van der Waals surface area contributed by atoms with Crippen molar-refractivity contribution < 1.29 is 48.1 Å². The van der Waals surface area contributed by atoms with Crippen molar-refractivity contribution in [1.29, 1.82) is 0 Å². The molecule has 5 rings (SSSR count). The predicted molar refractivity (Wildman–Crippen MR) is 237 cm³/mol. The molecule has 0 unspecified atom stereocenters. The Labute approximate surface area is 371 Å². The Morgan fingerprint density at radius 1 is 0.873 bits per heavy atom. The van der Waals surface area contributed by atoms with Gasteiger partial charge in [-0.15, -0.1) is 0 Å². The molecule has 4 atom stereocenters. The average Bonchev–Trinajstić information content (AvgIpc) is 3.25. The highest BCUT2D eigenvalue weighted by Crippen LogP contribution is 2.39. The van der Waals surface area contributed by atoms with Crippen molar-refractivity contribution in [2.45, 2.75) is 83.1 Å². The molecule has 1 aliphatic heterocycles. The number of nitrogens with one attached hydrogen (secondary N) is 4. The van der Waals surface area contributed by atoms with Gasteiger partial charge in [0.2, 0.25) is 17.7 Å². The van der Waals surface area contributed by atoms with E-state index in [9.17, 15) is 33.9 Å². The van der Waals surface area contributed by atoms with Gasteiger partial charge in [0.15, 0.2) is 0 Å². The van der Waals surface area contributed by atoms with E-state index in [4.69, 9.17) is 25.8 Å². The molecular formula is C47H54ClN5O10. The number of halogens is 1. The Morgan fingerprint density at radius 2 is 1.54 bits per heavy atom. The van der Waals surface area contributed by atoms with Crippen molar-refractivity contribution >= 4 is 47.3 Å². The topological polar surface area (TPSA) is 202 Å². The van der Waals surface area contributed by atoms with E-state index in [2.05, 4.69) is 21.3 Å². The van der Waals surface area contributed by atoms with Crippen molar-refractivity contribution in [3.05, 3.63) is 107 Å². The number of ether oxygens (including phenoxy) is 3. The van der Waals surface area contributed by atoms with Crippen LogP contribution in [0.4, 0.5) is 4.79 Å².